The summed E-state index contributed by atoms with van der Waals surface area (Å²) >= 11 is 0. The van der Waals surface area contributed by atoms with Gasteiger partial charge in [0.15, 0.2) is 18.1 Å². The Morgan fingerprint density at radius 3 is 2.00 bits per heavy atom. The first-order chi connectivity index (χ1) is 14.1. The molecule has 0 aliphatic heterocycles. The molecule has 0 aliphatic rings. The van der Waals surface area contributed by atoms with Crippen LogP contribution in [0.15, 0.2) is 78.9 Å². The molecular weight excluding hydrogens is 368 g/mol. The first-order valence-corrected chi connectivity index (χ1v) is 9.08. The van der Waals surface area contributed by atoms with Gasteiger partial charge in [-0.2, -0.15) is 0 Å². The highest BCUT2D eigenvalue weighted by molar-refractivity contribution is 5.98. The summed E-state index contributed by atoms with van der Waals surface area (Å²) in [5, 5.41) is 2.93. The van der Waals surface area contributed by atoms with Crippen molar-refractivity contribution in [2.75, 3.05) is 19.0 Å². The highest BCUT2D eigenvalue weighted by Gasteiger charge is 2.23. The van der Waals surface area contributed by atoms with Gasteiger partial charge in [0.2, 0.25) is 5.91 Å². The third-order valence-electron chi connectivity index (χ3n) is 4.33. The van der Waals surface area contributed by atoms with E-state index in [1.54, 1.807) is 18.2 Å². The van der Waals surface area contributed by atoms with E-state index in [1.165, 1.54) is 7.11 Å². The van der Waals surface area contributed by atoms with Crippen LogP contribution in [-0.2, 0) is 9.59 Å². The number of methoxy groups -OCH3 is 1. The Balaban J connectivity index is 1.88. The van der Waals surface area contributed by atoms with E-state index in [2.05, 4.69) is 5.32 Å². The van der Waals surface area contributed by atoms with Crippen LogP contribution in [0.4, 0.5) is 5.69 Å². The SMILES string of the molecule is COc1ccc(NC(=O)C(c2ccccc2)c2ccccc2)cc1OCC(N)=O. The van der Waals surface area contributed by atoms with Crippen molar-refractivity contribution in [3.8, 4) is 11.5 Å². The third-order valence-corrected chi connectivity index (χ3v) is 4.33. The van der Waals surface area contributed by atoms with Crippen LogP contribution in [0.5, 0.6) is 11.5 Å². The second kappa shape index (κ2) is 9.41. The van der Waals surface area contributed by atoms with E-state index in [-0.39, 0.29) is 12.5 Å². The number of carbonyl (C=O) groups excluding carboxylic acids is 2. The Hall–Kier alpha value is -3.80. The quantitative estimate of drug-likeness (QED) is 0.617. The molecule has 2 amide bonds. The number of anilines is 1. The van der Waals surface area contributed by atoms with E-state index in [0.717, 1.165) is 11.1 Å². The number of nitrogens with two attached hydrogens (primary N) is 1. The molecule has 0 saturated carbocycles. The van der Waals surface area contributed by atoms with Gasteiger partial charge < -0.3 is 20.5 Å². The van der Waals surface area contributed by atoms with Crippen LogP contribution in [-0.4, -0.2) is 25.5 Å². The van der Waals surface area contributed by atoms with Crippen molar-refractivity contribution in [3.05, 3.63) is 90.0 Å². The molecule has 6 heteroatoms. The fraction of sp³-hybridized carbons (Fsp3) is 0.130. The average molecular weight is 390 g/mol. The van der Waals surface area contributed by atoms with Crippen LogP contribution >= 0.6 is 0 Å². The monoisotopic (exact) mass is 390 g/mol. The van der Waals surface area contributed by atoms with Gasteiger partial charge in [-0.25, -0.2) is 0 Å². The molecule has 0 aliphatic carbocycles. The van der Waals surface area contributed by atoms with Crippen molar-refractivity contribution in [2.24, 2.45) is 5.73 Å². The summed E-state index contributed by atoms with van der Waals surface area (Å²) in [6, 6.07) is 24.1. The molecule has 3 N–H and O–H groups in total. The highest BCUT2D eigenvalue weighted by atomic mass is 16.5. The zero-order chi connectivity index (χ0) is 20.6. The van der Waals surface area contributed by atoms with Crippen LogP contribution in [0.25, 0.3) is 0 Å². The van der Waals surface area contributed by atoms with E-state index in [9.17, 15) is 9.59 Å². The average Bonchev–Trinajstić information content (AvgIpc) is 2.74. The number of nitrogens with one attached hydrogen (secondary N) is 1. The maximum absolute atomic E-state index is 13.2. The molecule has 0 bridgehead atoms. The number of carbonyl (C=O) groups is 2. The van der Waals surface area contributed by atoms with E-state index in [0.29, 0.717) is 17.2 Å². The van der Waals surface area contributed by atoms with Crippen molar-refractivity contribution < 1.29 is 19.1 Å². The van der Waals surface area contributed by atoms with Gasteiger partial charge >= 0.3 is 0 Å². The minimum atomic E-state index is -0.602. The van der Waals surface area contributed by atoms with Gasteiger partial charge in [-0.05, 0) is 23.3 Å². The van der Waals surface area contributed by atoms with Crippen molar-refractivity contribution in [1.29, 1.82) is 0 Å². The fourth-order valence-corrected chi connectivity index (χ4v) is 3.02. The van der Waals surface area contributed by atoms with Crippen LogP contribution in [0.3, 0.4) is 0 Å². The number of ether oxygens (including phenoxy) is 2. The predicted molar refractivity (Wildman–Crippen MR) is 111 cm³/mol. The smallest absolute Gasteiger partial charge is 0.255 e. The molecule has 6 nitrogen and oxygen atoms in total. The largest absolute Gasteiger partial charge is 0.493 e. The highest BCUT2D eigenvalue weighted by Crippen LogP contribution is 2.32. The second-order valence-corrected chi connectivity index (χ2v) is 6.36. The Morgan fingerprint density at radius 2 is 1.48 bits per heavy atom. The molecular formula is C23H22N2O4. The van der Waals surface area contributed by atoms with Gasteiger partial charge in [0.25, 0.3) is 5.91 Å². The Bertz CT molecular complexity index is 935. The van der Waals surface area contributed by atoms with Crippen molar-refractivity contribution in [1.82, 2.24) is 0 Å². The van der Waals surface area contributed by atoms with E-state index in [4.69, 9.17) is 15.2 Å². The molecule has 29 heavy (non-hydrogen) atoms. The maximum Gasteiger partial charge on any atom is 0.255 e. The summed E-state index contributed by atoms with van der Waals surface area (Å²) in [7, 11) is 1.49. The number of primary amides is 1. The molecule has 0 atom stereocenters. The van der Waals surface area contributed by atoms with Gasteiger partial charge in [0.1, 0.15) is 0 Å². The lowest BCUT2D eigenvalue weighted by molar-refractivity contribution is -0.120. The summed E-state index contributed by atoms with van der Waals surface area (Å²) in [6.07, 6.45) is 0. The molecule has 0 heterocycles. The molecule has 0 saturated heterocycles. The van der Waals surface area contributed by atoms with Crippen LogP contribution < -0.4 is 20.5 Å². The van der Waals surface area contributed by atoms with Gasteiger partial charge in [0, 0.05) is 11.8 Å². The molecule has 148 valence electrons. The van der Waals surface area contributed by atoms with Gasteiger partial charge in [-0.3, -0.25) is 9.59 Å². The number of rotatable bonds is 8. The summed E-state index contributed by atoms with van der Waals surface area (Å²) in [5.74, 6) is -0.510. The number of benzene rings is 3. The summed E-state index contributed by atoms with van der Waals surface area (Å²) in [4.78, 5) is 24.2. The molecule has 0 fully saturated rings. The minimum absolute atomic E-state index is 0.187. The van der Waals surface area contributed by atoms with Gasteiger partial charge in [-0.1, -0.05) is 60.7 Å². The maximum atomic E-state index is 13.2. The standard InChI is InChI=1S/C23H22N2O4/c1-28-19-13-12-18(14-20(19)29-15-21(24)26)25-23(27)22(16-8-4-2-5-9-16)17-10-6-3-7-11-17/h2-14,22H,15H2,1H3,(H2,24,26)(H,25,27). The van der Waals surface area contributed by atoms with Gasteiger partial charge in [-0.15, -0.1) is 0 Å². The first-order valence-electron chi connectivity index (χ1n) is 9.08. The lowest BCUT2D eigenvalue weighted by atomic mass is 9.90. The number of hydrogen-bond donors (Lipinski definition) is 2. The molecule has 0 radical (unpaired) electrons. The molecule has 0 spiro atoms. The van der Waals surface area contributed by atoms with Gasteiger partial charge in [0.05, 0.1) is 13.0 Å². The van der Waals surface area contributed by atoms with Crippen molar-refractivity contribution in [2.45, 2.75) is 5.92 Å². The lowest BCUT2D eigenvalue weighted by Crippen LogP contribution is -2.22. The van der Waals surface area contributed by atoms with Crippen LogP contribution in [0.2, 0.25) is 0 Å². The van der Waals surface area contributed by atoms with Crippen molar-refractivity contribution in [3.63, 3.8) is 0 Å². The van der Waals surface area contributed by atoms with Crippen LogP contribution in [0, 0.1) is 0 Å². The molecule has 0 unspecified atom stereocenters. The first kappa shape index (κ1) is 19.9. The zero-order valence-corrected chi connectivity index (χ0v) is 16.0. The summed E-state index contributed by atoms with van der Waals surface area (Å²) in [6.45, 7) is -0.287. The Labute approximate surface area is 169 Å². The minimum Gasteiger partial charge on any atom is -0.493 e. The van der Waals surface area contributed by atoms with Crippen LogP contribution in [0.1, 0.15) is 17.0 Å². The summed E-state index contributed by atoms with van der Waals surface area (Å²) < 4.78 is 10.6. The normalized spacial score (nSPS) is 10.4. The fourth-order valence-electron chi connectivity index (χ4n) is 3.02. The molecule has 0 aromatic heterocycles. The Kier molecular flexibility index (Phi) is 6.47. The second-order valence-electron chi connectivity index (χ2n) is 6.36. The zero-order valence-electron chi connectivity index (χ0n) is 16.0. The van der Waals surface area contributed by atoms with E-state index in [1.807, 2.05) is 60.7 Å². The van der Waals surface area contributed by atoms with Crippen molar-refractivity contribution >= 4 is 17.5 Å². The van der Waals surface area contributed by atoms with E-state index >= 15 is 0 Å². The predicted octanol–water partition coefficient (Wildman–Crippen LogP) is 3.33. The lowest BCUT2D eigenvalue weighted by Gasteiger charge is -2.18. The topological polar surface area (TPSA) is 90.7 Å². The third kappa shape index (κ3) is 5.13. The molecule has 3 aromatic rings. The number of hydrogen-bond acceptors (Lipinski definition) is 4. The molecule has 3 rings (SSSR count). The molecule has 3 aromatic carbocycles. The summed E-state index contributed by atoms with van der Waals surface area (Å²) in [5.41, 5.74) is 7.43. The van der Waals surface area contributed by atoms with E-state index < -0.39 is 11.8 Å². The number of amides is 2. The Morgan fingerprint density at radius 1 is 0.897 bits per heavy atom.